The minimum atomic E-state index is -3.39. The van der Waals surface area contributed by atoms with Crippen molar-refractivity contribution in [2.24, 2.45) is 0 Å². The second-order valence-corrected chi connectivity index (χ2v) is 8.95. The Morgan fingerprint density at radius 1 is 1.24 bits per heavy atom. The molecule has 1 aromatic carbocycles. The van der Waals surface area contributed by atoms with Gasteiger partial charge in [0.15, 0.2) is 5.82 Å². The van der Waals surface area contributed by atoms with Gasteiger partial charge in [0.1, 0.15) is 11.3 Å². The van der Waals surface area contributed by atoms with Crippen LogP contribution in [-0.2, 0) is 10.0 Å². The summed E-state index contributed by atoms with van der Waals surface area (Å²) in [4.78, 5) is 4.07. The first-order valence-corrected chi connectivity index (χ1v) is 10.8. The van der Waals surface area contributed by atoms with Crippen LogP contribution in [-0.4, -0.2) is 63.9 Å². The zero-order valence-electron chi connectivity index (χ0n) is 15.5. The maximum atomic E-state index is 14.3. The van der Waals surface area contributed by atoms with Crippen LogP contribution in [0, 0.1) is 11.6 Å². The Morgan fingerprint density at radius 2 is 2.00 bits per heavy atom. The van der Waals surface area contributed by atoms with Crippen molar-refractivity contribution in [3.05, 3.63) is 48.2 Å². The molecule has 0 unspecified atom stereocenters. The summed E-state index contributed by atoms with van der Waals surface area (Å²) in [6, 6.07) is 6.68. The maximum Gasteiger partial charge on any atom is 0.241 e. The Morgan fingerprint density at radius 3 is 2.69 bits per heavy atom. The predicted octanol–water partition coefficient (Wildman–Crippen LogP) is 1.48. The van der Waals surface area contributed by atoms with Gasteiger partial charge in [-0.2, -0.15) is 4.31 Å². The summed E-state index contributed by atoms with van der Waals surface area (Å²) >= 11 is 0. The Hall–Kier alpha value is -2.63. The number of aromatic nitrogens is 3. The molecule has 1 aliphatic heterocycles. The monoisotopic (exact) mass is 423 g/mol. The fourth-order valence-electron chi connectivity index (χ4n) is 3.42. The smallest absolute Gasteiger partial charge is 0.241 e. The van der Waals surface area contributed by atoms with Gasteiger partial charge in [0.2, 0.25) is 16.0 Å². The molecule has 0 spiro atoms. The molecule has 3 aromatic rings. The number of hydrogen-bond acceptors (Lipinski definition) is 6. The lowest BCUT2D eigenvalue weighted by atomic mass is 10.0. The molecule has 0 amide bonds. The molecule has 8 nitrogen and oxygen atoms in total. The molecule has 1 saturated heterocycles. The number of sulfonamides is 1. The zero-order chi connectivity index (χ0) is 20.8. The van der Waals surface area contributed by atoms with Gasteiger partial charge in [-0.05, 0) is 18.6 Å². The van der Waals surface area contributed by atoms with Crippen molar-refractivity contribution in [3.8, 4) is 11.3 Å². The van der Waals surface area contributed by atoms with Crippen LogP contribution in [0.5, 0.6) is 0 Å². The van der Waals surface area contributed by atoms with E-state index in [1.54, 1.807) is 6.07 Å². The Bertz CT molecular complexity index is 1170. The second kappa shape index (κ2) is 7.32. The average Bonchev–Trinajstić information content (AvgIpc) is 2.99. The average molecular weight is 423 g/mol. The summed E-state index contributed by atoms with van der Waals surface area (Å²) < 4.78 is 54.2. The van der Waals surface area contributed by atoms with E-state index in [4.69, 9.17) is 0 Å². The first kappa shape index (κ1) is 19.7. The lowest BCUT2D eigenvalue weighted by Crippen LogP contribution is -2.51. The molecule has 2 aromatic heterocycles. The Balaban J connectivity index is 1.63. The summed E-state index contributed by atoms with van der Waals surface area (Å²) in [6.07, 6.45) is 1.74. The van der Waals surface area contributed by atoms with E-state index in [2.05, 4.69) is 15.4 Å². The number of rotatable bonds is 4. The van der Waals surface area contributed by atoms with Crippen molar-refractivity contribution in [2.75, 3.05) is 24.7 Å². The van der Waals surface area contributed by atoms with Gasteiger partial charge in [-0.1, -0.05) is 12.1 Å². The van der Waals surface area contributed by atoms with Crippen molar-refractivity contribution in [1.82, 2.24) is 18.9 Å². The van der Waals surface area contributed by atoms with Crippen LogP contribution in [0.2, 0.25) is 0 Å². The van der Waals surface area contributed by atoms with Gasteiger partial charge in [0.25, 0.3) is 0 Å². The van der Waals surface area contributed by atoms with Crippen LogP contribution in [0.4, 0.5) is 14.7 Å². The molecule has 0 radical (unpaired) electrons. The van der Waals surface area contributed by atoms with Crippen molar-refractivity contribution >= 4 is 21.5 Å². The van der Waals surface area contributed by atoms with E-state index in [1.165, 1.54) is 39.3 Å². The van der Waals surface area contributed by atoms with Crippen LogP contribution in [0.25, 0.3) is 16.8 Å². The SMILES string of the molecule is CS(=O)(=O)N1CC[C@@H](Nc2ncc3c(F)cc(-c4ccccc4F)n3n2)[C@H](O)C1. The number of fused-ring (bicyclic) bond motifs is 1. The summed E-state index contributed by atoms with van der Waals surface area (Å²) in [5.74, 6) is -0.984. The van der Waals surface area contributed by atoms with Gasteiger partial charge in [0, 0.05) is 24.7 Å². The third kappa shape index (κ3) is 3.80. The van der Waals surface area contributed by atoms with Gasteiger partial charge in [-0.3, -0.25) is 0 Å². The normalized spacial score (nSPS) is 20.8. The van der Waals surface area contributed by atoms with Crippen molar-refractivity contribution in [1.29, 1.82) is 0 Å². The van der Waals surface area contributed by atoms with E-state index >= 15 is 0 Å². The van der Waals surface area contributed by atoms with Crippen LogP contribution < -0.4 is 5.32 Å². The third-order valence-electron chi connectivity index (χ3n) is 4.95. The lowest BCUT2D eigenvalue weighted by molar-refractivity contribution is 0.0950. The van der Waals surface area contributed by atoms with E-state index in [0.29, 0.717) is 6.42 Å². The van der Waals surface area contributed by atoms with E-state index in [-0.39, 0.29) is 35.8 Å². The zero-order valence-corrected chi connectivity index (χ0v) is 16.3. The summed E-state index contributed by atoms with van der Waals surface area (Å²) in [5.41, 5.74) is 0.507. The van der Waals surface area contributed by atoms with Crippen molar-refractivity contribution in [2.45, 2.75) is 18.6 Å². The number of nitrogens with one attached hydrogen (secondary N) is 1. The van der Waals surface area contributed by atoms with Crippen molar-refractivity contribution < 1.29 is 22.3 Å². The molecule has 0 bridgehead atoms. The lowest BCUT2D eigenvalue weighted by Gasteiger charge is -2.34. The second-order valence-electron chi connectivity index (χ2n) is 6.96. The summed E-state index contributed by atoms with van der Waals surface area (Å²) in [5, 5.41) is 17.5. The number of β-amino-alcohol motifs (C(OH)–C–C–N with tert-alkyl or cyclic N) is 1. The quantitative estimate of drug-likeness (QED) is 0.660. The Labute approximate surface area is 165 Å². The number of piperidine rings is 1. The third-order valence-corrected chi connectivity index (χ3v) is 6.22. The number of aliphatic hydroxyl groups is 1. The summed E-state index contributed by atoms with van der Waals surface area (Å²) in [6.45, 7) is 0.200. The largest absolute Gasteiger partial charge is 0.390 e. The standard InChI is InChI=1S/C18H19F2N5O3S/c1-29(27,28)24-7-6-14(17(26)10-24)22-18-21-9-16-13(20)8-15(25(16)23-18)11-4-2-3-5-12(11)19/h2-5,8-9,14,17,26H,6-7,10H2,1H3,(H,22,23)/t14-,17-/m1/s1. The van der Waals surface area contributed by atoms with Gasteiger partial charge < -0.3 is 10.4 Å². The van der Waals surface area contributed by atoms with Crippen LogP contribution in [0.15, 0.2) is 36.5 Å². The highest BCUT2D eigenvalue weighted by Crippen LogP contribution is 2.27. The first-order valence-electron chi connectivity index (χ1n) is 8.93. The van der Waals surface area contributed by atoms with E-state index in [1.807, 2.05) is 0 Å². The molecule has 2 atom stereocenters. The topological polar surface area (TPSA) is 99.8 Å². The van der Waals surface area contributed by atoms with Gasteiger partial charge >= 0.3 is 0 Å². The first-order chi connectivity index (χ1) is 13.7. The molecule has 29 heavy (non-hydrogen) atoms. The van der Waals surface area contributed by atoms with E-state index < -0.39 is 33.8 Å². The molecule has 0 aliphatic carbocycles. The van der Waals surface area contributed by atoms with Gasteiger partial charge in [0.05, 0.1) is 30.3 Å². The molecule has 154 valence electrons. The number of halogens is 2. The highest BCUT2D eigenvalue weighted by molar-refractivity contribution is 7.88. The maximum absolute atomic E-state index is 14.3. The molecule has 1 aliphatic rings. The fourth-order valence-corrected chi connectivity index (χ4v) is 4.28. The number of benzene rings is 1. The minimum Gasteiger partial charge on any atom is -0.390 e. The van der Waals surface area contributed by atoms with E-state index in [9.17, 15) is 22.3 Å². The van der Waals surface area contributed by atoms with Gasteiger partial charge in [-0.25, -0.2) is 26.7 Å². The van der Waals surface area contributed by atoms with Crippen LogP contribution >= 0.6 is 0 Å². The molecule has 3 heterocycles. The molecule has 11 heteroatoms. The van der Waals surface area contributed by atoms with Gasteiger partial charge in [-0.15, -0.1) is 5.10 Å². The molecule has 4 rings (SSSR count). The minimum absolute atomic E-state index is 0.0443. The molecule has 2 N–H and O–H groups in total. The molecular formula is C18H19F2N5O3S. The van der Waals surface area contributed by atoms with Crippen molar-refractivity contribution in [3.63, 3.8) is 0 Å². The molecular weight excluding hydrogens is 404 g/mol. The summed E-state index contributed by atoms with van der Waals surface area (Å²) in [7, 11) is -3.39. The number of anilines is 1. The number of aliphatic hydroxyl groups excluding tert-OH is 1. The Kier molecular flexibility index (Phi) is 4.97. The number of nitrogens with zero attached hydrogens (tertiary/aromatic N) is 4. The van der Waals surface area contributed by atoms with E-state index in [0.717, 1.165) is 6.26 Å². The highest BCUT2D eigenvalue weighted by atomic mass is 32.2. The number of hydrogen-bond donors (Lipinski definition) is 2. The fraction of sp³-hybridized carbons (Fsp3) is 0.333. The van der Waals surface area contributed by atoms with Crippen LogP contribution in [0.3, 0.4) is 0 Å². The highest BCUT2D eigenvalue weighted by Gasteiger charge is 2.32. The molecule has 0 saturated carbocycles. The molecule has 1 fully saturated rings. The predicted molar refractivity (Wildman–Crippen MR) is 103 cm³/mol. The van der Waals surface area contributed by atoms with Crippen LogP contribution in [0.1, 0.15) is 6.42 Å².